The number of esters is 1. The van der Waals surface area contributed by atoms with E-state index in [1.165, 1.54) is 12.5 Å². The average molecular weight is 373 g/mol. The number of hydrogen-bond donors (Lipinski definition) is 0. The maximum Gasteiger partial charge on any atom is 0.302 e. The smallest absolute Gasteiger partial charge is 0.302 e. The molecule has 0 amide bonds. The Morgan fingerprint density at radius 3 is 2.63 bits per heavy atom. The van der Waals surface area contributed by atoms with E-state index in [2.05, 4.69) is 20.8 Å². The Balaban J connectivity index is 1.79. The summed E-state index contributed by atoms with van der Waals surface area (Å²) in [7, 11) is 0. The van der Waals surface area contributed by atoms with Crippen molar-refractivity contribution in [1.82, 2.24) is 0 Å². The SMILES string of the molecule is CC(=O)OC[C@@]12C(=CC(=O)C[C@@H]1C)C[C@@H](C)[C@@H]1[C@@H]2CC[C@]2(C)C(=O)CC[C@@H]12. The van der Waals surface area contributed by atoms with Crippen molar-refractivity contribution in [3.8, 4) is 0 Å². The van der Waals surface area contributed by atoms with Gasteiger partial charge in [0, 0.05) is 30.6 Å². The lowest BCUT2D eigenvalue weighted by molar-refractivity contribution is -0.157. The predicted molar refractivity (Wildman–Crippen MR) is 102 cm³/mol. The largest absolute Gasteiger partial charge is 0.465 e. The number of Topliss-reactive ketones (excluding diaryl/α,β-unsaturated/α-hetero) is 1. The second-order valence-corrected chi connectivity index (χ2v) is 9.95. The second kappa shape index (κ2) is 6.28. The molecule has 27 heavy (non-hydrogen) atoms. The molecule has 3 saturated carbocycles. The maximum atomic E-state index is 12.7. The Kier molecular flexibility index (Phi) is 4.40. The first-order valence-electron chi connectivity index (χ1n) is 10.6. The molecule has 0 radical (unpaired) electrons. The zero-order chi connectivity index (χ0) is 19.6. The van der Waals surface area contributed by atoms with Crippen molar-refractivity contribution < 1.29 is 19.1 Å². The van der Waals surface area contributed by atoms with Crippen LogP contribution in [0, 0.1) is 40.4 Å². The van der Waals surface area contributed by atoms with Gasteiger partial charge in [-0.1, -0.05) is 26.3 Å². The van der Waals surface area contributed by atoms with E-state index >= 15 is 0 Å². The van der Waals surface area contributed by atoms with Gasteiger partial charge in [-0.25, -0.2) is 0 Å². The van der Waals surface area contributed by atoms with Gasteiger partial charge in [-0.3, -0.25) is 14.4 Å². The molecule has 0 aromatic carbocycles. The molecule has 0 bridgehead atoms. The predicted octanol–water partition coefficient (Wildman–Crippen LogP) is 4.12. The molecule has 7 atom stereocenters. The molecule has 4 aliphatic rings. The van der Waals surface area contributed by atoms with Crippen molar-refractivity contribution >= 4 is 17.5 Å². The van der Waals surface area contributed by atoms with Crippen LogP contribution >= 0.6 is 0 Å². The third kappa shape index (κ3) is 2.58. The van der Waals surface area contributed by atoms with E-state index in [1.807, 2.05) is 6.08 Å². The normalized spacial score (nSPS) is 46.2. The lowest BCUT2D eigenvalue weighted by atomic mass is 9.43. The Morgan fingerprint density at radius 2 is 1.93 bits per heavy atom. The van der Waals surface area contributed by atoms with Gasteiger partial charge in [-0.05, 0) is 61.3 Å². The van der Waals surface area contributed by atoms with E-state index in [0.717, 1.165) is 25.7 Å². The molecule has 0 unspecified atom stereocenters. The summed E-state index contributed by atoms with van der Waals surface area (Å²) in [4.78, 5) is 36.7. The average Bonchev–Trinajstić information content (AvgIpc) is 2.89. The number of carbonyl (C=O) groups excluding carboxylic acids is 3. The van der Waals surface area contributed by atoms with Gasteiger partial charge in [-0.15, -0.1) is 0 Å². The summed E-state index contributed by atoms with van der Waals surface area (Å²) in [5, 5.41) is 0. The summed E-state index contributed by atoms with van der Waals surface area (Å²) in [6.07, 6.45) is 6.92. The van der Waals surface area contributed by atoms with Crippen molar-refractivity contribution in [2.75, 3.05) is 6.61 Å². The molecule has 4 aliphatic carbocycles. The first-order valence-corrected chi connectivity index (χ1v) is 10.6. The fourth-order valence-corrected chi connectivity index (χ4v) is 7.45. The van der Waals surface area contributed by atoms with E-state index < -0.39 is 0 Å². The van der Waals surface area contributed by atoms with E-state index in [-0.39, 0.29) is 28.5 Å². The van der Waals surface area contributed by atoms with Crippen LogP contribution in [0.25, 0.3) is 0 Å². The van der Waals surface area contributed by atoms with Gasteiger partial charge < -0.3 is 4.74 Å². The van der Waals surface area contributed by atoms with Crippen LogP contribution in [0.3, 0.4) is 0 Å². The van der Waals surface area contributed by atoms with E-state index in [1.54, 1.807) is 0 Å². The van der Waals surface area contributed by atoms with Crippen LogP contribution < -0.4 is 0 Å². The topological polar surface area (TPSA) is 60.4 Å². The highest BCUT2D eigenvalue weighted by atomic mass is 16.5. The van der Waals surface area contributed by atoms with Crippen LogP contribution in [0.15, 0.2) is 11.6 Å². The fraction of sp³-hybridized carbons (Fsp3) is 0.783. The van der Waals surface area contributed by atoms with Crippen molar-refractivity contribution in [3.05, 3.63) is 11.6 Å². The summed E-state index contributed by atoms with van der Waals surface area (Å²) < 4.78 is 5.63. The van der Waals surface area contributed by atoms with Crippen molar-refractivity contribution in [1.29, 1.82) is 0 Å². The van der Waals surface area contributed by atoms with Crippen molar-refractivity contribution in [2.24, 2.45) is 40.4 Å². The monoisotopic (exact) mass is 372 g/mol. The number of rotatable bonds is 2. The maximum absolute atomic E-state index is 12.7. The molecule has 0 aliphatic heterocycles. The molecule has 148 valence electrons. The third-order valence-corrected chi connectivity index (χ3v) is 8.74. The molecule has 4 rings (SSSR count). The number of hydrogen-bond acceptors (Lipinski definition) is 4. The van der Waals surface area contributed by atoms with E-state index in [9.17, 15) is 14.4 Å². The van der Waals surface area contributed by atoms with Crippen molar-refractivity contribution in [3.63, 3.8) is 0 Å². The van der Waals surface area contributed by atoms with Gasteiger partial charge in [0.15, 0.2) is 5.78 Å². The molecule has 0 aromatic rings. The Labute approximate surface area is 162 Å². The summed E-state index contributed by atoms with van der Waals surface area (Å²) in [5.41, 5.74) is 0.797. The van der Waals surface area contributed by atoms with Gasteiger partial charge in [-0.2, -0.15) is 0 Å². The Hall–Kier alpha value is -1.45. The van der Waals surface area contributed by atoms with Crippen LogP contribution in [0.2, 0.25) is 0 Å². The Bertz CT molecular complexity index is 722. The van der Waals surface area contributed by atoms with Crippen LogP contribution in [0.4, 0.5) is 0 Å². The Morgan fingerprint density at radius 1 is 1.19 bits per heavy atom. The van der Waals surface area contributed by atoms with Gasteiger partial charge in [0.2, 0.25) is 0 Å². The lowest BCUT2D eigenvalue weighted by Gasteiger charge is -2.61. The number of fused-ring (bicyclic) bond motifs is 5. The molecule has 0 aromatic heterocycles. The minimum Gasteiger partial charge on any atom is -0.465 e. The molecule has 0 heterocycles. The highest BCUT2D eigenvalue weighted by molar-refractivity contribution is 5.92. The van der Waals surface area contributed by atoms with E-state index in [0.29, 0.717) is 48.9 Å². The van der Waals surface area contributed by atoms with E-state index in [4.69, 9.17) is 4.74 Å². The number of ketones is 2. The molecule has 0 spiro atoms. The van der Waals surface area contributed by atoms with Crippen molar-refractivity contribution in [2.45, 2.75) is 66.2 Å². The molecule has 0 saturated heterocycles. The molecular formula is C23H32O4. The zero-order valence-electron chi connectivity index (χ0n) is 17.0. The lowest BCUT2D eigenvalue weighted by Crippen LogP contribution is -2.58. The second-order valence-electron chi connectivity index (χ2n) is 9.95. The first kappa shape index (κ1) is 18.9. The van der Waals surface area contributed by atoms with Gasteiger partial charge in [0.05, 0.1) is 0 Å². The minimum absolute atomic E-state index is 0.172. The van der Waals surface area contributed by atoms with Crippen LogP contribution in [0.1, 0.15) is 66.2 Å². The third-order valence-electron chi connectivity index (χ3n) is 8.74. The molecular weight excluding hydrogens is 340 g/mol. The number of ether oxygens (including phenoxy) is 1. The molecule has 0 N–H and O–H groups in total. The quantitative estimate of drug-likeness (QED) is 0.684. The van der Waals surface area contributed by atoms with Crippen LogP contribution in [0.5, 0.6) is 0 Å². The standard InChI is InChI=1S/C23H32O4/c1-13-9-16-11-17(25)10-14(2)23(16,12-27-15(3)24)19-7-8-22(4)18(21(13)19)5-6-20(22)26/h11,13-14,18-19,21H,5-10,12H2,1-4H3/t13-,14+,18+,19+,21+,22+,23+/m1/s1. The summed E-state index contributed by atoms with van der Waals surface area (Å²) in [6, 6.07) is 0. The summed E-state index contributed by atoms with van der Waals surface area (Å²) >= 11 is 0. The zero-order valence-corrected chi connectivity index (χ0v) is 17.0. The first-order chi connectivity index (χ1) is 12.7. The van der Waals surface area contributed by atoms with Crippen LogP contribution in [-0.4, -0.2) is 24.1 Å². The van der Waals surface area contributed by atoms with Gasteiger partial charge >= 0.3 is 5.97 Å². The highest BCUT2D eigenvalue weighted by Crippen LogP contribution is 2.66. The molecule has 4 nitrogen and oxygen atoms in total. The molecule has 3 fully saturated rings. The fourth-order valence-electron chi connectivity index (χ4n) is 7.45. The van der Waals surface area contributed by atoms with Gasteiger partial charge in [0.1, 0.15) is 12.4 Å². The number of carbonyl (C=O) groups is 3. The summed E-state index contributed by atoms with van der Waals surface area (Å²) in [6.45, 7) is 8.50. The highest BCUT2D eigenvalue weighted by Gasteiger charge is 2.63. The van der Waals surface area contributed by atoms with Gasteiger partial charge in [0.25, 0.3) is 0 Å². The minimum atomic E-state index is -0.250. The summed E-state index contributed by atoms with van der Waals surface area (Å²) in [5.74, 6) is 2.32. The van der Waals surface area contributed by atoms with Crippen LogP contribution in [-0.2, 0) is 19.1 Å². The molecule has 4 heteroatoms.